The zero-order valence-electron chi connectivity index (χ0n) is 15.1. The number of nitrogen functional groups attached to an aromatic ring is 1. The number of aromatic nitrogens is 3. The Hall–Kier alpha value is -3.19. The molecule has 1 fully saturated rings. The Labute approximate surface area is 157 Å². The predicted molar refractivity (Wildman–Crippen MR) is 104 cm³/mol. The van der Waals surface area contributed by atoms with Gasteiger partial charge >= 0.3 is 0 Å². The second-order valence-electron chi connectivity index (χ2n) is 6.51. The van der Waals surface area contributed by atoms with Crippen LogP contribution < -0.4 is 16.2 Å². The highest BCUT2D eigenvalue weighted by Crippen LogP contribution is 2.29. The van der Waals surface area contributed by atoms with Gasteiger partial charge in [0.05, 0.1) is 18.8 Å². The average Bonchev–Trinajstić information content (AvgIpc) is 2.71. The van der Waals surface area contributed by atoms with E-state index in [1.165, 1.54) is 0 Å². The highest BCUT2D eigenvalue weighted by atomic mass is 16.5. The van der Waals surface area contributed by atoms with Crippen LogP contribution in [0.4, 0.5) is 11.6 Å². The molecule has 3 heterocycles. The number of morpholine rings is 1. The summed E-state index contributed by atoms with van der Waals surface area (Å²) < 4.78 is 7.51. The summed E-state index contributed by atoms with van der Waals surface area (Å²) in [5.74, 6) is 0.622. The van der Waals surface area contributed by atoms with Crippen LogP contribution in [0.25, 0.3) is 11.3 Å². The van der Waals surface area contributed by atoms with Gasteiger partial charge in [-0.2, -0.15) is 0 Å². The fourth-order valence-electron chi connectivity index (χ4n) is 3.30. The lowest BCUT2D eigenvalue weighted by atomic mass is 10.1. The third kappa shape index (κ3) is 3.41. The van der Waals surface area contributed by atoms with E-state index in [2.05, 4.69) is 9.88 Å². The lowest BCUT2D eigenvalue weighted by molar-refractivity contribution is 0.0394. The monoisotopic (exact) mass is 363 g/mol. The maximum Gasteiger partial charge on any atom is 0.255 e. The number of para-hydroxylation sites is 1. The molecule has 4 rings (SSSR count). The summed E-state index contributed by atoms with van der Waals surface area (Å²) in [7, 11) is 1.74. The standard InChI is InChI=1S/C20H21N5O2/c1-24-19(26)12-17(14-6-8-22-9-7-14)23-20(24)25-10-11-27-18(13-25)15-4-2-3-5-16(15)21/h2-9,12,18H,10-11,13,21H2,1H3. The van der Waals surface area contributed by atoms with Crippen LogP contribution in [0.15, 0.2) is 59.7 Å². The molecule has 0 aliphatic carbocycles. The van der Waals surface area contributed by atoms with Gasteiger partial charge in [-0.3, -0.25) is 14.3 Å². The quantitative estimate of drug-likeness (QED) is 0.717. The third-order valence-corrected chi connectivity index (χ3v) is 4.78. The topological polar surface area (TPSA) is 86.3 Å². The molecule has 7 heteroatoms. The van der Waals surface area contributed by atoms with Crippen molar-refractivity contribution in [1.82, 2.24) is 14.5 Å². The van der Waals surface area contributed by atoms with Crippen LogP contribution in [0, 0.1) is 0 Å². The summed E-state index contributed by atoms with van der Waals surface area (Å²) in [6, 6.07) is 12.9. The normalized spacial score (nSPS) is 17.1. The van der Waals surface area contributed by atoms with Gasteiger partial charge in [0.2, 0.25) is 5.95 Å². The molecule has 138 valence electrons. The van der Waals surface area contributed by atoms with E-state index < -0.39 is 0 Å². The molecule has 1 unspecified atom stereocenters. The molecular weight excluding hydrogens is 342 g/mol. The van der Waals surface area contributed by atoms with E-state index in [-0.39, 0.29) is 11.7 Å². The van der Waals surface area contributed by atoms with E-state index in [4.69, 9.17) is 15.5 Å². The van der Waals surface area contributed by atoms with Crippen molar-refractivity contribution >= 4 is 11.6 Å². The molecule has 1 saturated heterocycles. The first kappa shape index (κ1) is 17.2. The Balaban J connectivity index is 1.69. The van der Waals surface area contributed by atoms with Crippen molar-refractivity contribution in [2.24, 2.45) is 7.05 Å². The van der Waals surface area contributed by atoms with Gasteiger partial charge in [0.15, 0.2) is 0 Å². The summed E-state index contributed by atoms with van der Waals surface area (Å²) in [6.45, 7) is 1.77. The van der Waals surface area contributed by atoms with Crippen molar-refractivity contribution < 1.29 is 4.74 Å². The maximum absolute atomic E-state index is 12.5. The van der Waals surface area contributed by atoms with Crippen molar-refractivity contribution in [1.29, 1.82) is 0 Å². The van der Waals surface area contributed by atoms with E-state index in [1.807, 2.05) is 36.4 Å². The van der Waals surface area contributed by atoms with Gasteiger partial charge < -0.3 is 15.4 Å². The minimum Gasteiger partial charge on any atom is -0.398 e. The second kappa shape index (κ2) is 7.20. The first-order valence-corrected chi connectivity index (χ1v) is 8.83. The summed E-state index contributed by atoms with van der Waals surface area (Å²) in [6.07, 6.45) is 3.22. The van der Waals surface area contributed by atoms with E-state index in [1.54, 1.807) is 30.1 Å². The number of ether oxygens (including phenoxy) is 1. The predicted octanol–water partition coefficient (Wildman–Crippen LogP) is 2.00. The number of benzene rings is 1. The highest BCUT2D eigenvalue weighted by molar-refractivity contribution is 5.59. The SMILES string of the molecule is Cn1c(N2CCOC(c3ccccc3N)C2)nc(-c2ccncc2)cc1=O. The van der Waals surface area contributed by atoms with Gasteiger partial charge in [-0.05, 0) is 18.2 Å². The fourth-order valence-corrected chi connectivity index (χ4v) is 3.30. The van der Waals surface area contributed by atoms with Crippen molar-refractivity contribution in [3.8, 4) is 11.3 Å². The number of pyridine rings is 1. The Morgan fingerprint density at radius 2 is 1.96 bits per heavy atom. The summed E-state index contributed by atoms with van der Waals surface area (Å²) >= 11 is 0. The fraction of sp³-hybridized carbons (Fsp3) is 0.250. The Bertz CT molecular complexity index is 1000. The number of nitrogens with two attached hydrogens (primary N) is 1. The maximum atomic E-state index is 12.5. The van der Waals surface area contributed by atoms with Gasteiger partial charge in [0.25, 0.3) is 5.56 Å². The Kier molecular flexibility index (Phi) is 4.60. The molecule has 0 spiro atoms. The van der Waals surface area contributed by atoms with Gasteiger partial charge in [-0.15, -0.1) is 0 Å². The largest absolute Gasteiger partial charge is 0.398 e. The zero-order valence-corrected chi connectivity index (χ0v) is 15.1. The van der Waals surface area contributed by atoms with Gasteiger partial charge in [0, 0.05) is 48.9 Å². The molecular formula is C20H21N5O2. The summed E-state index contributed by atoms with van der Waals surface area (Å²) in [5.41, 5.74) is 9.17. The summed E-state index contributed by atoms with van der Waals surface area (Å²) in [5, 5.41) is 0. The van der Waals surface area contributed by atoms with Gasteiger partial charge in [0.1, 0.15) is 6.10 Å². The Morgan fingerprint density at radius 1 is 1.19 bits per heavy atom. The molecule has 1 atom stereocenters. The molecule has 0 bridgehead atoms. The van der Waals surface area contributed by atoms with Crippen molar-refractivity contribution in [2.75, 3.05) is 30.3 Å². The van der Waals surface area contributed by atoms with Crippen LogP contribution in [0.5, 0.6) is 0 Å². The zero-order chi connectivity index (χ0) is 18.8. The number of nitrogens with zero attached hydrogens (tertiary/aromatic N) is 4. The van der Waals surface area contributed by atoms with Gasteiger partial charge in [-0.1, -0.05) is 18.2 Å². The van der Waals surface area contributed by atoms with E-state index >= 15 is 0 Å². The highest BCUT2D eigenvalue weighted by Gasteiger charge is 2.26. The number of rotatable bonds is 3. The minimum atomic E-state index is -0.165. The first-order valence-electron chi connectivity index (χ1n) is 8.83. The van der Waals surface area contributed by atoms with Crippen molar-refractivity contribution in [3.63, 3.8) is 0 Å². The van der Waals surface area contributed by atoms with E-state index in [9.17, 15) is 4.79 Å². The van der Waals surface area contributed by atoms with Crippen LogP contribution in [-0.4, -0.2) is 34.2 Å². The van der Waals surface area contributed by atoms with Crippen molar-refractivity contribution in [2.45, 2.75) is 6.10 Å². The third-order valence-electron chi connectivity index (χ3n) is 4.78. The van der Waals surface area contributed by atoms with Crippen LogP contribution in [-0.2, 0) is 11.8 Å². The van der Waals surface area contributed by atoms with Crippen LogP contribution in [0.1, 0.15) is 11.7 Å². The second-order valence-corrected chi connectivity index (χ2v) is 6.51. The van der Waals surface area contributed by atoms with Crippen LogP contribution in [0.3, 0.4) is 0 Å². The molecule has 2 aromatic heterocycles. The first-order chi connectivity index (χ1) is 13.1. The average molecular weight is 363 g/mol. The molecule has 1 aliphatic rings. The molecule has 3 aromatic rings. The number of anilines is 2. The number of hydrogen-bond acceptors (Lipinski definition) is 6. The lowest BCUT2D eigenvalue weighted by Gasteiger charge is -2.35. The molecule has 0 amide bonds. The molecule has 1 aromatic carbocycles. The molecule has 7 nitrogen and oxygen atoms in total. The van der Waals surface area contributed by atoms with Gasteiger partial charge in [-0.25, -0.2) is 4.98 Å². The van der Waals surface area contributed by atoms with Crippen molar-refractivity contribution in [3.05, 3.63) is 70.8 Å². The Morgan fingerprint density at radius 3 is 2.74 bits per heavy atom. The smallest absolute Gasteiger partial charge is 0.255 e. The molecule has 0 saturated carbocycles. The molecule has 1 aliphatic heterocycles. The minimum absolute atomic E-state index is 0.103. The number of hydrogen-bond donors (Lipinski definition) is 1. The molecule has 27 heavy (non-hydrogen) atoms. The summed E-state index contributed by atoms with van der Waals surface area (Å²) in [4.78, 5) is 23.4. The molecule has 2 N–H and O–H groups in total. The lowest BCUT2D eigenvalue weighted by Crippen LogP contribution is -2.41. The van der Waals surface area contributed by atoms with E-state index in [0.29, 0.717) is 37.0 Å². The molecule has 0 radical (unpaired) electrons. The van der Waals surface area contributed by atoms with Crippen LogP contribution >= 0.6 is 0 Å². The van der Waals surface area contributed by atoms with Crippen LogP contribution in [0.2, 0.25) is 0 Å². The van der Waals surface area contributed by atoms with E-state index in [0.717, 1.165) is 11.1 Å².